The van der Waals surface area contributed by atoms with E-state index in [1.54, 1.807) is 6.92 Å². The van der Waals surface area contributed by atoms with E-state index in [1.807, 2.05) is 6.92 Å². The fourth-order valence-electron chi connectivity index (χ4n) is 1.83. The largest absolute Gasteiger partial charge is 1.00 e. The standard InChI is InChI=1S/C16H29O2.Na.H2O4S/c1-5-6-7-8-9-10-11-12-13-15(4)18-16(17)14(2)3;;1-5(2,3)4/h15H,1-2,5-13H2,3-4H3;;(H2,1,2,3,4)/q-1;+1;. The zero-order chi connectivity index (χ0) is 18.3. The van der Waals surface area contributed by atoms with Crippen LogP contribution in [0.1, 0.15) is 71.6 Å². The van der Waals surface area contributed by atoms with Gasteiger partial charge in [0.25, 0.3) is 0 Å². The molecule has 6 nitrogen and oxygen atoms in total. The second kappa shape index (κ2) is 17.9. The Kier molecular flexibility index (Phi) is 21.5. The molecule has 0 heterocycles. The molecule has 2 N–H and O–H groups in total. The molecule has 0 aromatic carbocycles. The second-order valence-electron chi connectivity index (χ2n) is 5.56. The zero-order valence-electron chi connectivity index (χ0n) is 15.3. The molecule has 0 aliphatic heterocycles. The number of carbonyl (C=O) groups excluding carboxylic acids is 1. The van der Waals surface area contributed by atoms with E-state index in [0.717, 1.165) is 19.3 Å². The van der Waals surface area contributed by atoms with E-state index in [1.165, 1.54) is 38.5 Å². The molecule has 0 aliphatic carbocycles. The molecule has 138 valence electrons. The number of hydrogen-bond donors (Lipinski definition) is 2. The molecule has 1 unspecified atom stereocenters. The van der Waals surface area contributed by atoms with Crippen LogP contribution in [0.3, 0.4) is 0 Å². The Labute approximate surface area is 169 Å². The van der Waals surface area contributed by atoms with Gasteiger partial charge in [-0.05, 0) is 26.7 Å². The summed E-state index contributed by atoms with van der Waals surface area (Å²) in [6.45, 7) is 11.0. The number of esters is 1. The number of hydrogen-bond acceptors (Lipinski definition) is 4. The predicted molar refractivity (Wildman–Crippen MR) is 91.5 cm³/mol. The van der Waals surface area contributed by atoms with Crippen molar-refractivity contribution in [3.05, 3.63) is 19.1 Å². The summed E-state index contributed by atoms with van der Waals surface area (Å²) in [5, 5.41) is 0. The summed E-state index contributed by atoms with van der Waals surface area (Å²) in [7, 11) is -4.67. The average molecular weight is 374 g/mol. The normalized spacial score (nSPS) is 11.5. The Morgan fingerprint density at radius 2 is 1.46 bits per heavy atom. The Morgan fingerprint density at radius 1 is 1.08 bits per heavy atom. The molecular formula is C16H31NaO6S. The molecule has 0 saturated heterocycles. The summed E-state index contributed by atoms with van der Waals surface area (Å²) in [6, 6.07) is 0. The van der Waals surface area contributed by atoms with E-state index in [0.29, 0.717) is 5.57 Å². The maximum atomic E-state index is 11.3. The molecule has 0 bridgehead atoms. The molecule has 0 aliphatic rings. The molecule has 0 rings (SSSR count). The van der Waals surface area contributed by atoms with Crippen molar-refractivity contribution in [1.29, 1.82) is 0 Å². The first kappa shape index (κ1) is 28.9. The van der Waals surface area contributed by atoms with Crippen LogP contribution >= 0.6 is 0 Å². The maximum Gasteiger partial charge on any atom is 1.00 e. The molecule has 0 amide bonds. The molecule has 0 fully saturated rings. The first-order valence-electron chi connectivity index (χ1n) is 7.93. The summed E-state index contributed by atoms with van der Waals surface area (Å²) in [4.78, 5) is 11.3. The van der Waals surface area contributed by atoms with E-state index in [9.17, 15) is 4.79 Å². The first-order valence-corrected chi connectivity index (χ1v) is 9.33. The minimum Gasteiger partial charge on any atom is -0.459 e. The van der Waals surface area contributed by atoms with Crippen LogP contribution in [0.4, 0.5) is 0 Å². The van der Waals surface area contributed by atoms with Crippen molar-refractivity contribution >= 4 is 16.4 Å². The van der Waals surface area contributed by atoms with E-state index in [2.05, 4.69) is 13.5 Å². The van der Waals surface area contributed by atoms with Crippen LogP contribution in [0.2, 0.25) is 0 Å². The predicted octanol–water partition coefficient (Wildman–Crippen LogP) is 1.19. The van der Waals surface area contributed by atoms with Gasteiger partial charge in [-0.25, -0.2) is 4.79 Å². The third-order valence-corrected chi connectivity index (χ3v) is 3.02. The van der Waals surface area contributed by atoms with Crippen molar-refractivity contribution in [3.8, 4) is 0 Å². The molecule has 0 aromatic rings. The molecule has 0 aromatic heterocycles. The van der Waals surface area contributed by atoms with E-state index < -0.39 is 10.4 Å². The van der Waals surface area contributed by atoms with Gasteiger partial charge in [0.05, 0.1) is 6.10 Å². The van der Waals surface area contributed by atoms with Crippen molar-refractivity contribution in [2.24, 2.45) is 0 Å². The van der Waals surface area contributed by atoms with E-state index in [4.69, 9.17) is 22.3 Å². The maximum absolute atomic E-state index is 11.3. The van der Waals surface area contributed by atoms with Crippen LogP contribution in [0.5, 0.6) is 0 Å². The molecule has 8 heteroatoms. The molecule has 0 radical (unpaired) electrons. The van der Waals surface area contributed by atoms with Crippen LogP contribution in [0, 0.1) is 6.92 Å². The van der Waals surface area contributed by atoms with Gasteiger partial charge in [-0.2, -0.15) is 14.8 Å². The van der Waals surface area contributed by atoms with Crippen LogP contribution in [0.25, 0.3) is 0 Å². The van der Waals surface area contributed by atoms with Crippen molar-refractivity contribution in [2.75, 3.05) is 0 Å². The number of unbranched alkanes of at least 4 members (excludes halogenated alkanes) is 7. The van der Waals surface area contributed by atoms with Crippen molar-refractivity contribution < 1.29 is 56.6 Å². The first-order chi connectivity index (χ1) is 10.6. The zero-order valence-corrected chi connectivity index (χ0v) is 18.1. The smallest absolute Gasteiger partial charge is 0.459 e. The van der Waals surface area contributed by atoms with Crippen LogP contribution < -0.4 is 29.6 Å². The molecule has 1 atom stereocenters. The van der Waals surface area contributed by atoms with Crippen molar-refractivity contribution in [3.63, 3.8) is 0 Å². The molecular weight excluding hydrogens is 343 g/mol. The van der Waals surface area contributed by atoms with Crippen molar-refractivity contribution in [2.45, 2.75) is 77.7 Å². The summed E-state index contributed by atoms with van der Waals surface area (Å²) in [6.07, 6.45) is 10.9. The summed E-state index contributed by atoms with van der Waals surface area (Å²) in [5.41, 5.74) is 0.479. The number of ether oxygens (including phenoxy) is 1. The van der Waals surface area contributed by atoms with Gasteiger partial charge >= 0.3 is 45.9 Å². The molecule has 0 spiro atoms. The van der Waals surface area contributed by atoms with Gasteiger partial charge < -0.3 is 11.7 Å². The minimum atomic E-state index is -4.67. The summed E-state index contributed by atoms with van der Waals surface area (Å²) in [5.74, 6) is -0.268. The van der Waals surface area contributed by atoms with Crippen LogP contribution in [-0.2, 0) is 19.9 Å². The van der Waals surface area contributed by atoms with Gasteiger partial charge in [0, 0.05) is 5.57 Å². The average Bonchev–Trinajstić information content (AvgIpc) is 2.39. The molecule has 0 saturated carbocycles. The number of rotatable bonds is 11. The fraction of sp³-hybridized carbons (Fsp3) is 0.750. The van der Waals surface area contributed by atoms with Crippen molar-refractivity contribution in [1.82, 2.24) is 0 Å². The van der Waals surface area contributed by atoms with Gasteiger partial charge in [-0.15, -0.1) is 0 Å². The van der Waals surface area contributed by atoms with Gasteiger partial charge in [0.2, 0.25) is 0 Å². The van der Waals surface area contributed by atoms with Gasteiger partial charge in [0.1, 0.15) is 0 Å². The Bertz CT molecular complexity index is 414. The third kappa shape index (κ3) is 30.0. The van der Waals surface area contributed by atoms with Crippen LogP contribution in [-0.4, -0.2) is 29.6 Å². The fourth-order valence-corrected chi connectivity index (χ4v) is 1.83. The quantitative estimate of drug-likeness (QED) is 0.141. The summed E-state index contributed by atoms with van der Waals surface area (Å²) < 4.78 is 36.8. The topological polar surface area (TPSA) is 101 Å². The minimum absolute atomic E-state index is 0. The third-order valence-electron chi connectivity index (χ3n) is 3.02. The number of carbonyl (C=O) groups is 1. The van der Waals surface area contributed by atoms with Gasteiger partial charge in [-0.3, -0.25) is 9.11 Å². The van der Waals surface area contributed by atoms with Crippen LogP contribution in [0.15, 0.2) is 12.2 Å². The van der Waals surface area contributed by atoms with Gasteiger partial charge in [0.15, 0.2) is 0 Å². The summed E-state index contributed by atoms with van der Waals surface area (Å²) >= 11 is 0. The molecule has 24 heavy (non-hydrogen) atoms. The van der Waals surface area contributed by atoms with E-state index >= 15 is 0 Å². The SMILES string of the molecule is C=C(C)C(=O)OC(C)CCCCCCCCC[CH2-].O=S(=O)(O)O.[Na+]. The monoisotopic (exact) mass is 374 g/mol. The second-order valence-corrected chi connectivity index (χ2v) is 6.46. The Balaban J connectivity index is -0.000000639. The van der Waals surface area contributed by atoms with E-state index in [-0.39, 0.29) is 41.6 Å². The Morgan fingerprint density at radius 3 is 1.83 bits per heavy atom. The van der Waals surface area contributed by atoms with Gasteiger partial charge in [-0.1, -0.05) is 45.1 Å². The Hall–Kier alpha value is 0.0800.